The maximum Gasteiger partial charge on any atom is 0.325 e. The highest BCUT2D eigenvalue weighted by Gasteiger charge is 2.08. The summed E-state index contributed by atoms with van der Waals surface area (Å²) >= 11 is 0. The summed E-state index contributed by atoms with van der Waals surface area (Å²) in [7, 11) is 0. The molecule has 3 N–H and O–H groups in total. The molecular weight excluding hydrogens is 298 g/mol. The molecule has 1 aromatic heterocycles. The average molecular weight is 317 g/mol. The van der Waals surface area contributed by atoms with Gasteiger partial charge in [-0.15, -0.1) is 0 Å². The van der Waals surface area contributed by atoms with Gasteiger partial charge in [0.15, 0.2) is 6.61 Å². The molecule has 0 spiro atoms. The zero-order valence-corrected chi connectivity index (χ0v) is 13.0. The molecule has 0 aliphatic carbocycles. The van der Waals surface area contributed by atoms with Crippen LogP contribution in [0.5, 0.6) is 5.75 Å². The zero-order valence-electron chi connectivity index (χ0n) is 13.0. The minimum atomic E-state index is -0.667. The van der Waals surface area contributed by atoms with Crippen LogP contribution in [0.15, 0.2) is 40.1 Å². The van der Waals surface area contributed by atoms with Crippen molar-refractivity contribution in [2.75, 3.05) is 11.9 Å². The molecule has 0 fully saturated rings. The Hall–Kier alpha value is -2.83. The van der Waals surface area contributed by atoms with E-state index < -0.39 is 17.2 Å². The highest BCUT2D eigenvalue weighted by Crippen LogP contribution is 2.21. The largest absolute Gasteiger partial charge is 0.484 e. The lowest BCUT2D eigenvalue weighted by Crippen LogP contribution is -2.28. The van der Waals surface area contributed by atoms with Crippen LogP contribution < -0.4 is 21.3 Å². The highest BCUT2D eigenvalue weighted by molar-refractivity contribution is 5.91. The van der Waals surface area contributed by atoms with Crippen molar-refractivity contribution in [3.8, 4) is 5.75 Å². The third-order valence-corrected chi connectivity index (χ3v) is 3.52. The lowest BCUT2D eigenvalue weighted by Gasteiger charge is -2.10. The molecule has 1 aromatic carbocycles. The summed E-state index contributed by atoms with van der Waals surface area (Å²) in [4.78, 5) is 38.4. The van der Waals surface area contributed by atoms with E-state index in [1.54, 1.807) is 0 Å². The number of aromatic nitrogens is 2. The molecular formula is C16H19N3O4. The first kappa shape index (κ1) is 16.5. The molecule has 0 radical (unpaired) electrons. The maximum absolute atomic E-state index is 11.8. The quantitative estimate of drug-likeness (QED) is 0.752. The number of anilines is 1. The number of ether oxygens (including phenoxy) is 1. The van der Waals surface area contributed by atoms with Gasteiger partial charge in [0, 0.05) is 6.20 Å². The number of rotatable bonds is 6. The number of nitrogens with one attached hydrogen (secondary N) is 3. The molecule has 1 amide bonds. The van der Waals surface area contributed by atoms with Gasteiger partial charge in [0.25, 0.3) is 11.5 Å². The molecule has 122 valence electrons. The first-order valence-corrected chi connectivity index (χ1v) is 7.34. The third-order valence-electron chi connectivity index (χ3n) is 3.52. The van der Waals surface area contributed by atoms with Crippen LogP contribution in [0.4, 0.5) is 5.69 Å². The summed E-state index contributed by atoms with van der Waals surface area (Å²) in [5.74, 6) is 0.551. The Morgan fingerprint density at radius 1 is 1.26 bits per heavy atom. The van der Waals surface area contributed by atoms with Crippen molar-refractivity contribution < 1.29 is 9.53 Å². The standard InChI is InChI=1S/C16H19N3O4/c1-3-10(2)11-4-6-12(7-5-11)23-9-14(20)18-13-8-17-16(22)19-15(13)21/h4-8,10H,3,9H2,1-2H3,(H,18,20)(H2,17,19,21,22)/t10-/m1/s1. The van der Waals surface area contributed by atoms with Crippen LogP contribution in [0.25, 0.3) is 0 Å². The third kappa shape index (κ3) is 4.57. The fraction of sp³-hybridized carbons (Fsp3) is 0.312. The first-order valence-electron chi connectivity index (χ1n) is 7.34. The molecule has 2 aromatic rings. The van der Waals surface area contributed by atoms with Gasteiger partial charge in [0.2, 0.25) is 0 Å². The smallest absolute Gasteiger partial charge is 0.325 e. The SMILES string of the molecule is CC[C@@H](C)c1ccc(OCC(=O)Nc2c[nH]c(=O)[nH]c2=O)cc1. The lowest BCUT2D eigenvalue weighted by atomic mass is 9.99. The fourth-order valence-corrected chi connectivity index (χ4v) is 1.97. The van der Waals surface area contributed by atoms with Crippen molar-refractivity contribution in [2.45, 2.75) is 26.2 Å². The second-order valence-corrected chi connectivity index (χ2v) is 5.20. The van der Waals surface area contributed by atoms with E-state index in [1.807, 2.05) is 29.2 Å². The Balaban J connectivity index is 1.91. The first-order chi connectivity index (χ1) is 11.0. The van der Waals surface area contributed by atoms with Crippen LogP contribution in [0.3, 0.4) is 0 Å². The molecule has 0 aliphatic rings. The van der Waals surface area contributed by atoms with Gasteiger partial charge in [-0.1, -0.05) is 26.0 Å². The van der Waals surface area contributed by atoms with Crippen molar-refractivity contribution in [1.29, 1.82) is 0 Å². The minimum Gasteiger partial charge on any atom is -0.484 e. The van der Waals surface area contributed by atoms with Gasteiger partial charge in [0.05, 0.1) is 0 Å². The predicted octanol–water partition coefficient (Wildman–Crippen LogP) is 1.59. The maximum atomic E-state index is 11.8. The summed E-state index contributed by atoms with van der Waals surface area (Å²) in [5.41, 5.74) is -0.125. The van der Waals surface area contributed by atoms with Crippen LogP contribution >= 0.6 is 0 Å². The number of hydrogen-bond acceptors (Lipinski definition) is 4. The lowest BCUT2D eigenvalue weighted by molar-refractivity contribution is -0.118. The number of carbonyl (C=O) groups is 1. The van der Waals surface area contributed by atoms with Crippen LogP contribution in [0.2, 0.25) is 0 Å². The Labute approximate surface area is 132 Å². The van der Waals surface area contributed by atoms with Crippen molar-refractivity contribution in [1.82, 2.24) is 9.97 Å². The van der Waals surface area contributed by atoms with Gasteiger partial charge in [-0.2, -0.15) is 0 Å². The normalized spacial score (nSPS) is 11.7. The molecule has 0 bridgehead atoms. The van der Waals surface area contributed by atoms with Crippen molar-refractivity contribution in [2.24, 2.45) is 0 Å². The molecule has 0 aliphatic heterocycles. The van der Waals surface area contributed by atoms with Gasteiger partial charge in [-0.05, 0) is 30.0 Å². The van der Waals surface area contributed by atoms with E-state index in [4.69, 9.17) is 4.74 Å². The minimum absolute atomic E-state index is 0.0367. The molecule has 2 rings (SSSR count). The predicted molar refractivity (Wildman–Crippen MR) is 87.0 cm³/mol. The topological polar surface area (TPSA) is 104 Å². The molecule has 0 unspecified atom stereocenters. The number of aromatic amines is 2. The van der Waals surface area contributed by atoms with Gasteiger partial charge in [0.1, 0.15) is 11.4 Å². The van der Waals surface area contributed by atoms with Gasteiger partial charge >= 0.3 is 5.69 Å². The van der Waals surface area contributed by atoms with Gasteiger partial charge in [-0.3, -0.25) is 14.6 Å². The Morgan fingerprint density at radius 2 is 1.96 bits per heavy atom. The average Bonchev–Trinajstić information content (AvgIpc) is 2.55. The summed E-state index contributed by atoms with van der Waals surface area (Å²) in [6.07, 6.45) is 2.19. The number of amides is 1. The van der Waals surface area contributed by atoms with Crippen LogP contribution in [-0.4, -0.2) is 22.5 Å². The number of benzene rings is 1. The van der Waals surface area contributed by atoms with Crippen molar-refractivity contribution in [3.05, 3.63) is 56.9 Å². The summed E-state index contributed by atoms with van der Waals surface area (Å²) < 4.78 is 5.38. The molecule has 1 heterocycles. The Kier molecular flexibility index (Phi) is 5.35. The van der Waals surface area contributed by atoms with Crippen molar-refractivity contribution in [3.63, 3.8) is 0 Å². The number of H-pyrrole nitrogens is 2. The van der Waals surface area contributed by atoms with Crippen LogP contribution in [-0.2, 0) is 4.79 Å². The molecule has 0 saturated heterocycles. The van der Waals surface area contributed by atoms with E-state index in [-0.39, 0.29) is 12.3 Å². The molecule has 7 heteroatoms. The molecule has 7 nitrogen and oxygen atoms in total. The molecule has 1 atom stereocenters. The van der Waals surface area contributed by atoms with Gasteiger partial charge < -0.3 is 15.0 Å². The van der Waals surface area contributed by atoms with Crippen LogP contribution in [0.1, 0.15) is 31.7 Å². The number of carbonyl (C=O) groups excluding carboxylic acids is 1. The van der Waals surface area contributed by atoms with Crippen LogP contribution in [0, 0.1) is 0 Å². The summed E-state index contributed by atoms with van der Waals surface area (Å²) in [6.45, 7) is 4.03. The molecule has 23 heavy (non-hydrogen) atoms. The van der Waals surface area contributed by atoms with E-state index in [1.165, 1.54) is 5.56 Å². The van der Waals surface area contributed by atoms with E-state index in [2.05, 4.69) is 24.1 Å². The number of hydrogen-bond donors (Lipinski definition) is 3. The Morgan fingerprint density at radius 3 is 2.57 bits per heavy atom. The fourth-order valence-electron chi connectivity index (χ4n) is 1.97. The zero-order chi connectivity index (χ0) is 16.8. The van der Waals surface area contributed by atoms with E-state index in [9.17, 15) is 14.4 Å². The van der Waals surface area contributed by atoms with E-state index in [0.29, 0.717) is 11.7 Å². The summed E-state index contributed by atoms with van der Waals surface area (Å²) in [5, 5.41) is 2.37. The monoisotopic (exact) mass is 317 g/mol. The van der Waals surface area contributed by atoms with Gasteiger partial charge in [-0.25, -0.2) is 4.79 Å². The van der Waals surface area contributed by atoms with E-state index in [0.717, 1.165) is 12.6 Å². The van der Waals surface area contributed by atoms with Crippen molar-refractivity contribution >= 4 is 11.6 Å². The molecule has 0 saturated carbocycles. The second kappa shape index (κ2) is 7.44. The Bertz CT molecular complexity index is 777. The second-order valence-electron chi connectivity index (χ2n) is 5.20. The van der Waals surface area contributed by atoms with E-state index >= 15 is 0 Å². The summed E-state index contributed by atoms with van der Waals surface area (Å²) in [6, 6.07) is 7.55. The highest BCUT2D eigenvalue weighted by atomic mass is 16.5.